The Morgan fingerprint density at radius 2 is 2.18 bits per heavy atom. The summed E-state index contributed by atoms with van der Waals surface area (Å²) in [6, 6.07) is 0. The van der Waals surface area contributed by atoms with Crippen LogP contribution < -0.4 is 5.32 Å². The molecule has 0 spiro atoms. The second-order valence-corrected chi connectivity index (χ2v) is 5.14. The molecule has 66 valence electrons. The first-order valence-corrected chi connectivity index (χ1v) is 5.51. The predicted molar refractivity (Wildman–Crippen MR) is 41.0 cm³/mol. The third kappa shape index (κ3) is 2.13. The van der Waals surface area contributed by atoms with Crippen LogP contribution in [0.2, 0.25) is 0 Å². The second-order valence-electron chi connectivity index (χ2n) is 2.88. The monoisotopic (exact) mass is 181 g/mol. The van der Waals surface area contributed by atoms with E-state index in [4.69, 9.17) is 0 Å². The molecule has 1 rings (SSSR count). The molecule has 1 aliphatic heterocycles. The van der Waals surface area contributed by atoms with Gasteiger partial charge in [0.25, 0.3) is 0 Å². The summed E-state index contributed by atoms with van der Waals surface area (Å²) in [4.78, 5) is 0. The van der Waals surface area contributed by atoms with Crippen LogP contribution in [0.1, 0.15) is 6.42 Å². The molecular weight excluding hydrogens is 169 g/mol. The van der Waals surface area contributed by atoms with Crippen LogP contribution in [0.15, 0.2) is 0 Å². The highest BCUT2D eigenvalue weighted by Crippen LogP contribution is 2.15. The van der Waals surface area contributed by atoms with E-state index in [1.54, 1.807) is 0 Å². The SMILES string of the molecule is CS(=O)(=O)[C@H]1CCNC[C@@H]1F. The molecule has 0 unspecified atom stereocenters. The predicted octanol–water partition coefficient (Wildman–Crippen LogP) is -0.269. The molecule has 1 N–H and O–H groups in total. The van der Waals surface area contributed by atoms with E-state index in [2.05, 4.69) is 5.32 Å². The van der Waals surface area contributed by atoms with E-state index in [0.717, 1.165) is 6.26 Å². The zero-order chi connectivity index (χ0) is 8.48. The van der Waals surface area contributed by atoms with Crippen molar-refractivity contribution in [1.29, 1.82) is 0 Å². The lowest BCUT2D eigenvalue weighted by atomic mass is 10.1. The van der Waals surface area contributed by atoms with Gasteiger partial charge in [-0.05, 0) is 13.0 Å². The maximum Gasteiger partial charge on any atom is 0.153 e. The molecule has 0 aromatic carbocycles. The van der Waals surface area contributed by atoms with Gasteiger partial charge in [-0.15, -0.1) is 0 Å². The molecule has 0 aliphatic carbocycles. The molecule has 3 nitrogen and oxygen atoms in total. The Bertz CT molecular complexity index is 227. The summed E-state index contributed by atoms with van der Waals surface area (Å²) in [6.45, 7) is 0.760. The molecular formula is C6H12FNO2S. The van der Waals surface area contributed by atoms with E-state index in [1.165, 1.54) is 0 Å². The molecule has 0 radical (unpaired) electrons. The van der Waals surface area contributed by atoms with Gasteiger partial charge in [0, 0.05) is 12.8 Å². The van der Waals surface area contributed by atoms with Gasteiger partial charge in [0.1, 0.15) is 6.17 Å². The van der Waals surface area contributed by atoms with Crippen LogP contribution in [0.4, 0.5) is 4.39 Å². The zero-order valence-electron chi connectivity index (χ0n) is 6.38. The summed E-state index contributed by atoms with van der Waals surface area (Å²) in [5.41, 5.74) is 0. The van der Waals surface area contributed by atoms with Crippen LogP contribution >= 0.6 is 0 Å². The van der Waals surface area contributed by atoms with Crippen LogP contribution in [0, 0.1) is 0 Å². The summed E-state index contributed by atoms with van der Waals surface area (Å²) in [6.07, 6.45) is 0.244. The summed E-state index contributed by atoms with van der Waals surface area (Å²) < 4.78 is 34.8. The summed E-state index contributed by atoms with van der Waals surface area (Å²) >= 11 is 0. The highest BCUT2D eigenvalue weighted by Gasteiger charge is 2.32. The topological polar surface area (TPSA) is 46.2 Å². The van der Waals surface area contributed by atoms with E-state index >= 15 is 0 Å². The van der Waals surface area contributed by atoms with Crippen LogP contribution in [0.25, 0.3) is 0 Å². The molecule has 5 heteroatoms. The zero-order valence-corrected chi connectivity index (χ0v) is 7.20. The summed E-state index contributed by atoms with van der Waals surface area (Å²) in [7, 11) is -3.19. The fourth-order valence-electron chi connectivity index (χ4n) is 1.28. The number of sulfone groups is 1. The van der Waals surface area contributed by atoms with Gasteiger partial charge >= 0.3 is 0 Å². The summed E-state index contributed by atoms with van der Waals surface area (Å²) in [5.74, 6) is 0. The van der Waals surface area contributed by atoms with Crippen molar-refractivity contribution >= 4 is 9.84 Å². The maximum absolute atomic E-state index is 12.9. The Labute approximate surface area is 65.9 Å². The maximum atomic E-state index is 12.9. The third-order valence-electron chi connectivity index (χ3n) is 1.90. The molecule has 1 aliphatic rings. The van der Waals surface area contributed by atoms with Gasteiger partial charge in [-0.2, -0.15) is 0 Å². The second kappa shape index (κ2) is 3.06. The van der Waals surface area contributed by atoms with E-state index in [0.29, 0.717) is 13.0 Å². The van der Waals surface area contributed by atoms with Crippen LogP contribution in [-0.4, -0.2) is 39.2 Å². The molecule has 0 bridgehead atoms. The first kappa shape index (κ1) is 8.93. The number of hydrogen-bond acceptors (Lipinski definition) is 3. The lowest BCUT2D eigenvalue weighted by molar-refractivity contribution is 0.268. The van der Waals surface area contributed by atoms with Crippen molar-refractivity contribution in [3.63, 3.8) is 0 Å². The Balaban J connectivity index is 2.70. The first-order valence-electron chi connectivity index (χ1n) is 3.55. The van der Waals surface area contributed by atoms with Crippen molar-refractivity contribution in [3.05, 3.63) is 0 Å². The van der Waals surface area contributed by atoms with Crippen molar-refractivity contribution in [1.82, 2.24) is 5.32 Å². The van der Waals surface area contributed by atoms with Crippen molar-refractivity contribution < 1.29 is 12.8 Å². The number of piperidine rings is 1. The van der Waals surface area contributed by atoms with Crippen molar-refractivity contribution in [2.75, 3.05) is 19.3 Å². The highest BCUT2D eigenvalue weighted by atomic mass is 32.2. The largest absolute Gasteiger partial charge is 0.314 e. The average Bonchev–Trinajstić information content (AvgIpc) is 1.86. The average molecular weight is 181 g/mol. The molecule has 2 atom stereocenters. The van der Waals surface area contributed by atoms with E-state index in [-0.39, 0.29) is 6.54 Å². The molecule has 0 aromatic rings. The molecule has 1 heterocycles. The third-order valence-corrected chi connectivity index (χ3v) is 3.53. The number of alkyl halides is 1. The lowest BCUT2D eigenvalue weighted by Gasteiger charge is -2.24. The van der Waals surface area contributed by atoms with Crippen LogP contribution in [0.5, 0.6) is 0 Å². The molecule has 0 amide bonds. The quantitative estimate of drug-likeness (QED) is 0.605. The minimum atomic E-state index is -3.19. The summed E-state index contributed by atoms with van der Waals surface area (Å²) in [5, 5.41) is 2.01. The van der Waals surface area contributed by atoms with Crippen molar-refractivity contribution in [2.24, 2.45) is 0 Å². The minimum absolute atomic E-state index is 0.164. The lowest BCUT2D eigenvalue weighted by Crippen LogP contribution is -2.45. The smallest absolute Gasteiger partial charge is 0.153 e. The molecule has 1 fully saturated rings. The van der Waals surface area contributed by atoms with Gasteiger partial charge in [-0.25, -0.2) is 12.8 Å². The molecule has 11 heavy (non-hydrogen) atoms. The normalized spacial score (nSPS) is 33.6. The minimum Gasteiger partial charge on any atom is -0.314 e. The molecule has 1 saturated heterocycles. The molecule has 0 aromatic heterocycles. The van der Waals surface area contributed by atoms with Crippen molar-refractivity contribution in [2.45, 2.75) is 17.8 Å². The number of hydrogen-bond donors (Lipinski definition) is 1. The van der Waals surface area contributed by atoms with Gasteiger partial charge in [0.15, 0.2) is 9.84 Å². The van der Waals surface area contributed by atoms with Crippen molar-refractivity contribution in [3.8, 4) is 0 Å². The standard InChI is InChI=1S/C6H12FNO2S/c1-11(9,10)6-2-3-8-4-5(6)7/h5-6,8H,2-4H2,1H3/t5-,6-/m0/s1. The van der Waals surface area contributed by atoms with Crippen LogP contribution in [-0.2, 0) is 9.84 Å². The Hall–Kier alpha value is -0.160. The Morgan fingerprint density at radius 1 is 1.55 bits per heavy atom. The van der Waals surface area contributed by atoms with E-state index < -0.39 is 21.3 Å². The van der Waals surface area contributed by atoms with Gasteiger partial charge in [0.05, 0.1) is 5.25 Å². The number of nitrogens with one attached hydrogen (secondary N) is 1. The van der Waals surface area contributed by atoms with E-state index in [9.17, 15) is 12.8 Å². The highest BCUT2D eigenvalue weighted by molar-refractivity contribution is 7.91. The first-order chi connectivity index (χ1) is 5.02. The van der Waals surface area contributed by atoms with Gasteiger partial charge in [-0.1, -0.05) is 0 Å². The van der Waals surface area contributed by atoms with Gasteiger partial charge in [0.2, 0.25) is 0 Å². The Morgan fingerprint density at radius 3 is 2.55 bits per heavy atom. The number of rotatable bonds is 1. The van der Waals surface area contributed by atoms with Gasteiger partial charge in [-0.3, -0.25) is 0 Å². The number of halogens is 1. The molecule has 0 saturated carbocycles. The fraction of sp³-hybridized carbons (Fsp3) is 1.00. The van der Waals surface area contributed by atoms with E-state index in [1.807, 2.05) is 0 Å². The van der Waals surface area contributed by atoms with Gasteiger partial charge < -0.3 is 5.32 Å². The Kier molecular flexibility index (Phi) is 2.49. The van der Waals surface area contributed by atoms with Crippen LogP contribution in [0.3, 0.4) is 0 Å². The fourth-order valence-corrected chi connectivity index (χ4v) is 2.46.